The molecule has 1 aromatic carbocycles. The third-order valence-corrected chi connectivity index (χ3v) is 5.17. The Morgan fingerprint density at radius 2 is 1.83 bits per heavy atom. The van der Waals surface area contributed by atoms with E-state index in [9.17, 15) is 4.79 Å². The number of hydrogen-bond donors (Lipinski definition) is 1. The van der Waals surface area contributed by atoms with Crippen molar-refractivity contribution in [3.05, 3.63) is 23.8 Å². The molecule has 130 valence electrons. The summed E-state index contributed by atoms with van der Waals surface area (Å²) in [6.45, 7) is 4.12. The van der Waals surface area contributed by atoms with Gasteiger partial charge in [-0.25, -0.2) is 0 Å². The third-order valence-electron chi connectivity index (χ3n) is 5.17. The summed E-state index contributed by atoms with van der Waals surface area (Å²) >= 11 is 0. The zero-order valence-electron chi connectivity index (χ0n) is 14.1. The van der Waals surface area contributed by atoms with E-state index in [1.54, 1.807) is 0 Å². The van der Waals surface area contributed by atoms with Crippen LogP contribution in [0.15, 0.2) is 18.2 Å². The fraction of sp³-hybridized carbons (Fsp3) is 0.632. The van der Waals surface area contributed by atoms with Gasteiger partial charge in [0, 0.05) is 31.1 Å². The van der Waals surface area contributed by atoms with Gasteiger partial charge in [0.15, 0.2) is 11.5 Å². The van der Waals surface area contributed by atoms with Crippen molar-refractivity contribution in [3.63, 3.8) is 0 Å². The summed E-state index contributed by atoms with van der Waals surface area (Å²) in [6.07, 6.45) is 5.73. The first-order chi connectivity index (χ1) is 11.8. The highest BCUT2D eigenvalue weighted by Gasteiger charge is 2.27. The van der Waals surface area contributed by atoms with Crippen molar-refractivity contribution >= 4 is 5.91 Å². The van der Waals surface area contributed by atoms with E-state index in [0.29, 0.717) is 30.6 Å². The van der Waals surface area contributed by atoms with Crippen molar-refractivity contribution in [3.8, 4) is 11.5 Å². The number of carbonyl (C=O) groups is 1. The Balaban J connectivity index is 1.34. The van der Waals surface area contributed by atoms with Crippen LogP contribution in [-0.4, -0.2) is 49.7 Å². The molecule has 0 aromatic heterocycles. The maximum Gasteiger partial charge on any atom is 0.253 e. The van der Waals surface area contributed by atoms with Crippen LogP contribution in [0, 0.1) is 5.92 Å². The summed E-state index contributed by atoms with van der Waals surface area (Å²) in [5, 5.41) is 3.66. The molecule has 1 aromatic rings. The molecule has 0 spiro atoms. The summed E-state index contributed by atoms with van der Waals surface area (Å²) in [5.74, 6) is 2.45. The van der Waals surface area contributed by atoms with Gasteiger partial charge in [0.1, 0.15) is 0 Å². The van der Waals surface area contributed by atoms with Gasteiger partial charge in [0.25, 0.3) is 5.91 Å². The maximum absolute atomic E-state index is 12.8. The second-order valence-corrected chi connectivity index (χ2v) is 7.13. The van der Waals surface area contributed by atoms with Gasteiger partial charge in [-0.1, -0.05) is 0 Å². The molecular weight excluding hydrogens is 304 g/mol. The second kappa shape index (κ2) is 7.01. The van der Waals surface area contributed by atoms with Gasteiger partial charge >= 0.3 is 0 Å². The van der Waals surface area contributed by atoms with Crippen molar-refractivity contribution < 1.29 is 14.3 Å². The van der Waals surface area contributed by atoms with Crippen LogP contribution in [0.5, 0.6) is 11.5 Å². The quantitative estimate of drug-likeness (QED) is 0.921. The molecule has 0 atom stereocenters. The van der Waals surface area contributed by atoms with Crippen molar-refractivity contribution in [2.75, 3.05) is 32.8 Å². The zero-order valence-corrected chi connectivity index (χ0v) is 14.1. The largest absolute Gasteiger partial charge is 0.490 e. The highest BCUT2D eigenvalue weighted by atomic mass is 16.5. The highest BCUT2D eigenvalue weighted by molar-refractivity contribution is 5.95. The van der Waals surface area contributed by atoms with Crippen LogP contribution in [0.2, 0.25) is 0 Å². The Morgan fingerprint density at radius 1 is 1.08 bits per heavy atom. The van der Waals surface area contributed by atoms with Crippen LogP contribution in [-0.2, 0) is 0 Å². The van der Waals surface area contributed by atoms with E-state index < -0.39 is 0 Å². The predicted molar refractivity (Wildman–Crippen MR) is 91.7 cm³/mol. The van der Waals surface area contributed by atoms with Gasteiger partial charge in [-0.2, -0.15) is 0 Å². The van der Waals surface area contributed by atoms with Crippen LogP contribution in [0.3, 0.4) is 0 Å². The molecule has 4 rings (SSSR count). The highest BCUT2D eigenvalue weighted by Crippen LogP contribution is 2.31. The fourth-order valence-corrected chi connectivity index (χ4v) is 3.42. The van der Waals surface area contributed by atoms with E-state index in [1.807, 2.05) is 23.1 Å². The molecule has 1 saturated carbocycles. The smallest absolute Gasteiger partial charge is 0.253 e. The molecule has 1 saturated heterocycles. The Bertz CT molecular complexity index is 592. The number of piperidine rings is 1. The van der Waals surface area contributed by atoms with Gasteiger partial charge in [0.2, 0.25) is 0 Å². The van der Waals surface area contributed by atoms with Crippen molar-refractivity contribution in [2.45, 2.75) is 38.1 Å². The van der Waals surface area contributed by atoms with E-state index in [2.05, 4.69) is 5.32 Å². The van der Waals surface area contributed by atoms with E-state index >= 15 is 0 Å². The van der Waals surface area contributed by atoms with Gasteiger partial charge in [-0.3, -0.25) is 4.79 Å². The van der Waals surface area contributed by atoms with Gasteiger partial charge in [0.05, 0.1) is 13.2 Å². The average molecular weight is 330 g/mol. The first kappa shape index (κ1) is 15.8. The summed E-state index contributed by atoms with van der Waals surface area (Å²) in [4.78, 5) is 14.7. The molecule has 0 bridgehead atoms. The number of hydrogen-bond acceptors (Lipinski definition) is 4. The monoisotopic (exact) mass is 330 g/mol. The minimum atomic E-state index is 0.103. The molecule has 3 aliphatic rings. The topological polar surface area (TPSA) is 50.8 Å². The number of nitrogens with one attached hydrogen (secondary N) is 1. The number of likely N-dealkylation sites (tertiary alicyclic amines) is 1. The van der Waals surface area contributed by atoms with Gasteiger partial charge in [-0.05, 0) is 56.3 Å². The third kappa shape index (κ3) is 3.66. The summed E-state index contributed by atoms with van der Waals surface area (Å²) in [6, 6.07) is 6.12. The maximum atomic E-state index is 12.8. The van der Waals surface area contributed by atoms with Crippen LogP contribution >= 0.6 is 0 Å². The van der Waals surface area contributed by atoms with Gasteiger partial charge in [-0.15, -0.1) is 0 Å². The fourth-order valence-electron chi connectivity index (χ4n) is 3.42. The first-order valence-corrected chi connectivity index (χ1v) is 9.22. The molecule has 2 heterocycles. The average Bonchev–Trinajstić information content (AvgIpc) is 3.46. The van der Waals surface area contributed by atoms with Crippen LogP contribution in [0.25, 0.3) is 0 Å². The molecular formula is C19H26N2O3. The summed E-state index contributed by atoms with van der Waals surface area (Å²) in [5.41, 5.74) is 0.698. The SMILES string of the molecule is O=C(c1ccc2c(c1)OCCCO2)N1CCC(NCC2CC2)CC1. The van der Waals surface area contributed by atoms with Crippen LogP contribution in [0.1, 0.15) is 42.5 Å². The molecule has 5 nitrogen and oxygen atoms in total. The standard InChI is InChI=1S/C19H26N2O3/c22-19(15-4-5-17-18(12-15)24-11-1-10-23-17)21-8-6-16(7-9-21)20-13-14-2-3-14/h4-5,12,14,16,20H,1-3,6-11,13H2. The second-order valence-electron chi connectivity index (χ2n) is 7.13. The van der Waals surface area contributed by atoms with Crippen molar-refractivity contribution in [1.29, 1.82) is 0 Å². The van der Waals surface area contributed by atoms with E-state index in [0.717, 1.165) is 50.6 Å². The van der Waals surface area contributed by atoms with Crippen molar-refractivity contribution in [1.82, 2.24) is 10.2 Å². The van der Waals surface area contributed by atoms with E-state index in [1.165, 1.54) is 12.8 Å². The molecule has 1 aliphatic carbocycles. The van der Waals surface area contributed by atoms with Crippen LogP contribution in [0.4, 0.5) is 0 Å². The number of nitrogens with zero attached hydrogens (tertiary/aromatic N) is 1. The minimum absolute atomic E-state index is 0.103. The normalized spacial score (nSPS) is 21.4. The number of fused-ring (bicyclic) bond motifs is 1. The molecule has 2 fully saturated rings. The molecule has 1 N–H and O–H groups in total. The molecule has 0 radical (unpaired) electrons. The molecule has 0 unspecified atom stereocenters. The number of carbonyl (C=O) groups excluding carboxylic acids is 1. The Kier molecular flexibility index (Phi) is 4.60. The minimum Gasteiger partial charge on any atom is -0.490 e. The lowest BCUT2D eigenvalue weighted by molar-refractivity contribution is 0.0704. The molecule has 24 heavy (non-hydrogen) atoms. The lowest BCUT2D eigenvalue weighted by Crippen LogP contribution is -2.45. The Hall–Kier alpha value is -1.75. The number of benzene rings is 1. The van der Waals surface area contributed by atoms with Crippen molar-refractivity contribution in [2.24, 2.45) is 5.92 Å². The molecule has 5 heteroatoms. The summed E-state index contributed by atoms with van der Waals surface area (Å²) in [7, 11) is 0. The first-order valence-electron chi connectivity index (χ1n) is 9.22. The number of ether oxygens (including phenoxy) is 2. The van der Waals surface area contributed by atoms with Gasteiger partial charge < -0.3 is 19.7 Å². The molecule has 2 aliphatic heterocycles. The number of rotatable bonds is 4. The predicted octanol–water partition coefficient (Wildman–Crippen LogP) is 2.45. The summed E-state index contributed by atoms with van der Waals surface area (Å²) < 4.78 is 11.3. The lowest BCUT2D eigenvalue weighted by atomic mass is 10.0. The molecule has 1 amide bonds. The lowest BCUT2D eigenvalue weighted by Gasteiger charge is -2.32. The Morgan fingerprint density at radius 3 is 2.58 bits per heavy atom. The number of amides is 1. The van der Waals surface area contributed by atoms with Crippen LogP contribution < -0.4 is 14.8 Å². The van der Waals surface area contributed by atoms with E-state index in [4.69, 9.17) is 9.47 Å². The Labute approximate surface area is 143 Å². The van der Waals surface area contributed by atoms with E-state index in [-0.39, 0.29) is 5.91 Å². The zero-order chi connectivity index (χ0) is 16.4.